The molecule has 0 saturated carbocycles. The van der Waals surface area contributed by atoms with E-state index < -0.39 is 7.26 Å². The summed E-state index contributed by atoms with van der Waals surface area (Å²) in [5.41, 5.74) is 0. The smallest absolute Gasteiger partial charge is 0.123 e. The fourth-order valence-corrected chi connectivity index (χ4v) is 1.93. The second kappa shape index (κ2) is 2.91. The first-order valence-corrected chi connectivity index (χ1v) is 6.71. The van der Waals surface area contributed by atoms with Crippen molar-refractivity contribution in [3.05, 3.63) is 30.1 Å². The van der Waals surface area contributed by atoms with Gasteiger partial charge >= 0.3 is 0 Å². The minimum atomic E-state index is -0.955. The maximum absolute atomic E-state index is 12.5. The molecule has 0 spiro atoms. The molecule has 0 atom stereocenters. The van der Waals surface area contributed by atoms with Crippen LogP contribution >= 0.6 is 7.26 Å². The van der Waals surface area contributed by atoms with Crippen LogP contribution in [0.3, 0.4) is 0 Å². The highest BCUT2D eigenvalue weighted by molar-refractivity contribution is 7.80. The molecule has 1 aromatic carbocycles. The summed E-state index contributed by atoms with van der Waals surface area (Å²) in [4.78, 5) is 0. The van der Waals surface area contributed by atoms with Crippen molar-refractivity contribution >= 4 is 12.6 Å². The van der Waals surface area contributed by atoms with Gasteiger partial charge in [-0.25, -0.2) is 4.39 Å². The van der Waals surface area contributed by atoms with E-state index in [0.717, 1.165) is 0 Å². The number of benzene rings is 1. The van der Waals surface area contributed by atoms with Crippen molar-refractivity contribution < 1.29 is 4.39 Å². The average Bonchev–Trinajstić information content (AvgIpc) is 1.86. The standard InChI is InChI=1S/C9H13FP/c1-11(2,3)9-6-4-8(10)5-7-9/h4-7H,1-3H3/q+1. The quantitative estimate of drug-likeness (QED) is 0.569. The van der Waals surface area contributed by atoms with Crippen molar-refractivity contribution in [2.45, 2.75) is 0 Å². The van der Waals surface area contributed by atoms with E-state index in [2.05, 4.69) is 20.0 Å². The molecular weight excluding hydrogens is 158 g/mol. The summed E-state index contributed by atoms with van der Waals surface area (Å²) < 4.78 is 12.5. The van der Waals surface area contributed by atoms with Gasteiger partial charge in [-0.15, -0.1) is 0 Å². The molecule has 0 aromatic heterocycles. The maximum Gasteiger partial charge on any atom is 0.123 e. The van der Waals surface area contributed by atoms with Crippen LogP contribution in [0.5, 0.6) is 0 Å². The number of hydrogen-bond donors (Lipinski definition) is 0. The molecule has 0 nitrogen and oxygen atoms in total. The van der Waals surface area contributed by atoms with Crippen molar-refractivity contribution in [1.29, 1.82) is 0 Å². The lowest BCUT2D eigenvalue weighted by Gasteiger charge is -2.10. The summed E-state index contributed by atoms with van der Waals surface area (Å²) in [6.07, 6.45) is 0. The molecule has 0 aliphatic rings. The van der Waals surface area contributed by atoms with Crippen LogP contribution in [0.4, 0.5) is 4.39 Å². The van der Waals surface area contributed by atoms with Crippen molar-refractivity contribution in [1.82, 2.24) is 0 Å². The molecule has 60 valence electrons. The first-order valence-electron chi connectivity index (χ1n) is 3.58. The zero-order valence-corrected chi connectivity index (χ0v) is 8.03. The highest BCUT2D eigenvalue weighted by atomic mass is 31.2. The highest BCUT2D eigenvalue weighted by Crippen LogP contribution is 2.44. The Morgan fingerprint density at radius 2 is 1.45 bits per heavy atom. The van der Waals surface area contributed by atoms with Crippen LogP contribution in [0.25, 0.3) is 0 Å². The lowest BCUT2D eigenvalue weighted by Crippen LogP contribution is -2.06. The Morgan fingerprint density at radius 3 is 1.82 bits per heavy atom. The van der Waals surface area contributed by atoms with Gasteiger partial charge < -0.3 is 0 Å². The van der Waals surface area contributed by atoms with Crippen molar-refractivity contribution in [3.8, 4) is 0 Å². The van der Waals surface area contributed by atoms with E-state index in [1.165, 1.54) is 17.4 Å². The average molecular weight is 171 g/mol. The van der Waals surface area contributed by atoms with Gasteiger partial charge in [0.15, 0.2) is 0 Å². The number of halogens is 1. The molecule has 0 fully saturated rings. The summed E-state index contributed by atoms with van der Waals surface area (Å²) >= 11 is 0. The monoisotopic (exact) mass is 171 g/mol. The topological polar surface area (TPSA) is 0 Å². The summed E-state index contributed by atoms with van der Waals surface area (Å²) in [6.45, 7) is 6.67. The Kier molecular flexibility index (Phi) is 2.29. The molecule has 0 unspecified atom stereocenters. The van der Waals surface area contributed by atoms with Gasteiger partial charge in [-0.3, -0.25) is 0 Å². The highest BCUT2D eigenvalue weighted by Gasteiger charge is 2.20. The van der Waals surface area contributed by atoms with Gasteiger partial charge in [0.25, 0.3) is 0 Å². The molecule has 0 aliphatic heterocycles. The second-order valence-electron chi connectivity index (χ2n) is 3.49. The lowest BCUT2D eigenvalue weighted by molar-refractivity contribution is 0.628. The van der Waals surface area contributed by atoms with E-state index in [4.69, 9.17) is 0 Å². The van der Waals surface area contributed by atoms with Gasteiger partial charge in [-0.05, 0) is 24.3 Å². The van der Waals surface area contributed by atoms with Gasteiger partial charge in [0.2, 0.25) is 0 Å². The molecule has 0 aliphatic carbocycles. The molecule has 1 rings (SSSR count). The maximum atomic E-state index is 12.5. The zero-order chi connectivity index (χ0) is 8.48. The van der Waals surface area contributed by atoms with E-state index in [9.17, 15) is 4.39 Å². The number of rotatable bonds is 1. The van der Waals surface area contributed by atoms with E-state index in [0.29, 0.717) is 0 Å². The summed E-state index contributed by atoms with van der Waals surface area (Å²) in [5.74, 6) is -0.151. The molecule has 0 saturated heterocycles. The van der Waals surface area contributed by atoms with Crippen LogP contribution in [0, 0.1) is 5.82 Å². The molecule has 2 heteroatoms. The SMILES string of the molecule is C[P+](C)(C)c1ccc(F)cc1. The Hall–Kier alpha value is -0.420. The largest absolute Gasteiger partial charge is 0.207 e. The van der Waals surface area contributed by atoms with Crippen molar-refractivity contribution in [2.75, 3.05) is 20.0 Å². The predicted molar refractivity (Wildman–Crippen MR) is 50.7 cm³/mol. The zero-order valence-electron chi connectivity index (χ0n) is 7.13. The first-order chi connectivity index (χ1) is 5.00. The van der Waals surface area contributed by atoms with Crippen LogP contribution in [0.1, 0.15) is 0 Å². The molecule has 0 radical (unpaired) electrons. The van der Waals surface area contributed by atoms with Crippen LogP contribution in [-0.4, -0.2) is 20.0 Å². The van der Waals surface area contributed by atoms with E-state index in [1.807, 2.05) is 12.1 Å². The molecule has 0 amide bonds. The van der Waals surface area contributed by atoms with Crippen molar-refractivity contribution in [3.63, 3.8) is 0 Å². The number of hydrogen-bond acceptors (Lipinski definition) is 0. The van der Waals surface area contributed by atoms with E-state index in [1.54, 1.807) is 0 Å². The fraction of sp³-hybridized carbons (Fsp3) is 0.333. The van der Waals surface area contributed by atoms with Crippen LogP contribution in [0.2, 0.25) is 0 Å². The normalized spacial score (nSPS) is 11.6. The fourth-order valence-electron chi connectivity index (χ4n) is 0.888. The van der Waals surface area contributed by atoms with E-state index >= 15 is 0 Å². The molecule has 0 N–H and O–H groups in total. The molecule has 1 aromatic rings. The summed E-state index contributed by atoms with van der Waals surface area (Å²) in [7, 11) is -0.955. The molecule has 11 heavy (non-hydrogen) atoms. The van der Waals surface area contributed by atoms with Gasteiger partial charge in [0.05, 0.1) is 25.3 Å². The van der Waals surface area contributed by atoms with Crippen LogP contribution in [0.15, 0.2) is 24.3 Å². The Labute approximate surface area is 67.8 Å². The van der Waals surface area contributed by atoms with Gasteiger partial charge in [0, 0.05) is 7.26 Å². The van der Waals surface area contributed by atoms with Crippen LogP contribution < -0.4 is 5.30 Å². The van der Waals surface area contributed by atoms with Gasteiger partial charge in [-0.2, -0.15) is 0 Å². The van der Waals surface area contributed by atoms with Crippen molar-refractivity contribution in [2.24, 2.45) is 0 Å². The predicted octanol–water partition coefficient (Wildman–Crippen LogP) is 2.36. The Balaban J connectivity index is 2.99. The Morgan fingerprint density at radius 1 is 1.00 bits per heavy atom. The third-order valence-electron chi connectivity index (χ3n) is 1.60. The second-order valence-corrected chi connectivity index (χ2v) is 8.03. The Bertz CT molecular complexity index is 233. The summed E-state index contributed by atoms with van der Waals surface area (Å²) in [5, 5.41) is 1.28. The minimum absolute atomic E-state index is 0.151. The molecule has 0 bridgehead atoms. The first kappa shape index (κ1) is 8.67. The van der Waals surface area contributed by atoms with E-state index in [-0.39, 0.29) is 5.82 Å². The molecule has 0 heterocycles. The van der Waals surface area contributed by atoms with Gasteiger partial charge in [-0.1, -0.05) is 0 Å². The molecular formula is C9H13FP+. The summed E-state index contributed by atoms with van der Waals surface area (Å²) in [6, 6.07) is 6.81. The minimum Gasteiger partial charge on any atom is -0.207 e. The van der Waals surface area contributed by atoms with Crippen LogP contribution in [-0.2, 0) is 0 Å². The lowest BCUT2D eigenvalue weighted by atomic mass is 10.3. The third kappa shape index (κ3) is 2.27. The van der Waals surface area contributed by atoms with Gasteiger partial charge in [0.1, 0.15) is 5.82 Å². The third-order valence-corrected chi connectivity index (χ3v) is 3.45.